The molecular weight excluding hydrogens is 489 g/mol. The summed E-state index contributed by atoms with van der Waals surface area (Å²) in [7, 11) is 1.85. The van der Waals surface area contributed by atoms with E-state index in [0.29, 0.717) is 6.04 Å². The number of rotatable bonds is 6. The summed E-state index contributed by atoms with van der Waals surface area (Å²) < 4.78 is 5.73. The number of halogens is 1. The maximum atomic E-state index is 5.73. The third-order valence-electron chi connectivity index (χ3n) is 6.07. The van der Waals surface area contributed by atoms with Crippen LogP contribution in [0.4, 0.5) is 5.69 Å². The Balaban J connectivity index is 0.00000256. The molecule has 2 atom stereocenters. The number of aryl methyl sites for hydroxylation is 1. The first-order valence-electron chi connectivity index (χ1n) is 10.8. The summed E-state index contributed by atoms with van der Waals surface area (Å²) in [5.74, 6) is 1.90. The lowest BCUT2D eigenvalue weighted by Gasteiger charge is -2.27. The Morgan fingerprint density at radius 1 is 1.17 bits per heavy atom. The molecule has 0 bridgehead atoms. The third kappa shape index (κ3) is 5.69. The minimum Gasteiger partial charge on any atom is -0.468 e. The van der Waals surface area contributed by atoms with Gasteiger partial charge in [0, 0.05) is 38.4 Å². The highest BCUT2D eigenvalue weighted by Crippen LogP contribution is 2.25. The highest BCUT2D eigenvalue weighted by Gasteiger charge is 2.27. The number of nitrogens with zero attached hydrogens (tertiary/aromatic N) is 3. The minimum atomic E-state index is 0. The van der Waals surface area contributed by atoms with E-state index in [4.69, 9.17) is 4.42 Å². The SMILES string of the molecule is CN=C(NCC(c1ccco1)N1CCCC1)NC1CCN(c2ccc(C)cc2)C1.I. The predicted molar refractivity (Wildman–Crippen MR) is 134 cm³/mol. The van der Waals surface area contributed by atoms with Crippen LogP contribution in [0.2, 0.25) is 0 Å². The average molecular weight is 523 g/mol. The number of hydrogen-bond donors (Lipinski definition) is 2. The summed E-state index contributed by atoms with van der Waals surface area (Å²) in [4.78, 5) is 9.42. The van der Waals surface area contributed by atoms with E-state index < -0.39 is 0 Å². The van der Waals surface area contributed by atoms with Crippen molar-refractivity contribution in [3.8, 4) is 0 Å². The van der Waals surface area contributed by atoms with Gasteiger partial charge in [-0.2, -0.15) is 0 Å². The molecule has 2 unspecified atom stereocenters. The van der Waals surface area contributed by atoms with Crippen LogP contribution >= 0.6 is 24.0 Å². The summed E-state index contributed by atoms with van der Waals surface area (Å²) in [6.45, 7) is 7.26. The molecule has 1 aromatic carbocycles. The molecule has 3 heterocycles. The largest absolute Gasteiger partial charge is 0.468 e. The van der Waals surface area contributed by atoms with Gasteiger partial charge < -0.3 is 20.0 Å². The average Bonchev–Trinajstić information content (AvgIpc) is 3.51. The van der Waals surface area contributed by atoms with Gasteiger partial charge in [-0.15, -0.1) is 24.0 Å². The highest BCUT2D eigenvalue weighted by atomic mass is 127. The molecule has 2 fully saturated rings. The van der Waals surface area contributed by atoms with Crippen LogP contribution in [0.3, 0.4) is 0 Å². The molecule has 2 aliphatic heterocycles. The molecule has 1 aromatic heterocycles. The molecule has 0 spiro atoms. The van der Waals surface area contributed by atoms with Gasteiger partial charge in [0.05, 0.1) is 12.3 Å². The van der Waals surface area contributed by atoms with Gasteiger partial charge in [-0.1, -0.05) is 17.7 Å². The lowest BCUT2D eigenvalue weighted by atomic mass is 10.2. The van der Waals surface area contributed by atoms with Crippen molar-refractivity contribution in [3.05, 3.63) is 54.0 Å². The van der Waals surface area contributed by atoms with Gasteiger partial charge in [-0.05, 0) is 63.5 Å². The minimum absolute atomic E-state index is 0. The fourth-order valence-electron chi connectivity index (χ4n) is 4.39. The number of guanidine groups is 1. The molecule has 7 heteroatoms. The van der Waals surface area contributed by atoms with Crippen LogP contribution < -0.4 is 15.5 Å². The van der Waals surface area contributed by atoms with E-state index in [9.17, 15) is 0 Å². The monoisotopic (exact) mass is 523 g/mol. The van der Waals surface area contributed by atoms with Gasteiger partial charge in [-0.25, -0.2) is 0 Å². The summed E-state index contributed by atoms with van der Waals surface area (Å²) >= 11 is 0. The van der Waals surface area contributed by atoms with Crippen LogP contribution in [0.25, 0.3) is 0 Å². The molecule has 0 radical (unpaired) electrons. The van der Waals surface area contributed by atoms with Crippen LogP contribution in [0.5, 0.6) is 0 Å². The molecule has 30 heavy (non-hydrogen) atoms. The molecule has 4 rings (SSSR count). The lowest BCUT2D eigenvalue weighted by Crippen LogP contribution is -2.47. The number of anilines is 1. The summed E-state index contributed by atoms with van der Waals surface area (Å²) in [6, 6.07) is 13.5. The molecular formula is C23H34IN5O. The first-order valence-corrected chi connectivity index (χ1v) is 10.8. The maximum Gasteiger partial charge on any atom is 0.191 e. The highest BCUT2D eigenvalue weighted by molar-refractivity contribution is 14.0. The maximum absolute atomic E-state index is 5.73. The number of likely N-dealkylation sites (tertiary alicyclic amines) is 1. The Bertz CT molecular complexity index is 786. The Morgan fingerprint density at radius 3 is 2.60 bits per heavy atom. The van der Waals surface area contributed by atoms with E-state index in [-0.39, 0.29) is 30.0 Å². The van der Waals surface area contributed by atoms with E-state index in [1.54, 1.807) is 6.26 Å². The number of furan rings is 1. The van der Waals surface area contributed by atoms with Gasteiger partial charge in [0.25, 0.3) is 0 Å². The van der Waals surface area contributed by atoms with Crippen molar-refractivity contribution >= 4 is 35.6 Å². The fourth-order valence-corrected chi connectivity index (χ4v) is 4.39. The van der Waals surface area contributed by atoms with Gasteiger partial charge >= 0.3 is 0 Å². The van der Waals surface area contributed by atoms with Crippen LogP contribution in [0.1, 0.15) is 36.6 Å². The Morgan fingerprint density at radius 2 is 1.93 bits per heavy atom. The molecule has 2 saturated heterocycles. The Labute approximate surface area is 197 Å². The second kappa shape index (κ2) is 11.0. The standard InChI is InChI=1S/C23H33N5O.HI/c1-18-7-9-20(10-8-18)28-14-11-19(17-28)26-23(24-2)25-16-21(22-6-5-15-29-22)27-12-3-4-13-27;/h5-10,15,19,21H,3-4,11-14,16-17H2,1-2H3,(H2,24,25,26);1H. The molecule has 6 nitrogen and oxygen atoms in total. The van der Waals surface area contributed by atoms with Crippen molar-refractivity contribution in [2.24, 2.45) is 4.99 Å². The van der Waals surface area contributed by atoms with Crippen LogP contribution in [-0.4, -0.2) is 56.7 Å². The summed E-state index contributed by atoms with van der Waals surface area (Å²) in [6.07, 6.45) is 5.41. The smallest absolute Gasteiger partial charge is 0.191 e. The van der Waals surface area contributed by atoms with Crippen molar-refractivity contribution in [1.29, 1.82) is 0 Å². The van der Waals surface area contributed by atoms with E-state index in [1.165, 1.54) is 24.1 Å². The number of nitrogens with one attached hydrogen (secondary N) is 2. The van der Waals surface area contributed by atoms with E-state index in [1.807, 2.05) is 13.1 Å². The Hall–Kier alpha value is -1.74. The zero-order chi connectivity index (χ0) is 20.1. The number of hydrogen-bond acceptors (Lipinski definition) is 4. The van der Waals surface area contributed by atoms with Gasteiger partial charge in [0.2, 0.25) is 0 Å². The van der Waals surface area contributed by atoms with Gasteiger partial charge in [-0.3, -0.25) is 9.89 Å². The van der Waals surface area contributed by atoms with Gasteiger partial charge in [0.15, 0.2) is 5.96 Å². The molecule has 0 saturated carbocycles. The third-order valence-corrected chi connectivity index (χ3v) is 6.07. The fraction of sp³-hybridized carbons (Fsp3) is 0.522. The van der Waals surface area contributed by atoms with E-state index >= 15 is 0 Å². The number of aliphatic imine (C=N–C) groups is 1. The first kappa shape index (κ1) is 22.9. The summed E-state index contributed by atoms with van der Waals surface area (Å²) in [5.41, 5.74) is 2.60. The second-order valence-corrected chi connectivity index (χ2v) is 8.14. The van der Waals surface area contributed by atoms with Crippen molar-refractivity contribution in [3.63, 3.8) is 0 Å². The van der Waals surface area contributed by atoms with E-state index in [0.717, 1.165) is 50.9 Å². The van der Waals surface area contributed by atoms with Crippen LogP contribution in [-0.2, 0) is 0 Å². The molecule has 2 aromatic rings. The van der Waals surface area contributed by atoms with Crippen molar-refractivity contribution in [1.82, 2.24) is 15.5 Å². The Kier molecular flexibility index (Phi) is 8.44. The molecule has 0 amide bonds. The van der Waals surface area contributed by atoms with E-state index in [2.05, 4.69) is 62.7 Å². The zero-order valence-electron chi connectivity index (χ0n) is 18.0. The second-order valence-electron chi connectivity index (χ2n) is 8.14. The van der Waals surface area contributed by atoms with Crippen molar-refractivity contribution < 1.29 is 4.42 Å². The van der Waals surface area contributed by atoms with Crippen LogP contribution in [0, 0.1) is 6.92 Å². The van der Waals surface area contributed by atoms with Crippen molar-refractivity contribution in [2.45, 2.75) is 38.3 Å². The first-order chi connectivity index (χ1) is 14.2. The number of benzene rings is 1. The van der Waals surface area contributed by atoms with Gasteiger partial charge in [0.1, 0.15) is 5.76 Å². The predicted octanol–water partition coefficient (Wildman–Crippen LogP) is 3.79. The molecule has 2 N–H and O–H groups in total. The normalized spacial score (nSPS) is 20.8. The summed E-state index contributed by atoms with van der Waals surface area (Å²) in [5, 5.41) is 7.16. The molecule has 164 valence electrons. The zero-order valence-corrected chi connectivity index (χ0v) is 20.3. The van der Waals surface area contributed by atoms with Crippen LogP contribution in [0.15, 0.2) is 52.1 Å². The molecule has 2 aliphatic rings. The van der Waals surface area contributed by atoms with Crippen molar-refractivity contribution in [2.75, 3.05) is 44.7 Å². The topological polar surface area (TPSA) is 56.0 Å². The molecule has 0 aliphatic carbocycles. The quantitative estimate of drug-likeness (QED) is 0.343. The lowest BCUT2D eigenvalue weighted by molar-refractivity contribution is 0.215.